The summed E-state index contributed by atoms with van der Waals surface area (Å²) in [6.45, 7) is 13.2. The molecule has 0 aromatic carbocycles. The van der Waals surface area contributed by atoms with Gasteiger partial charge >= 0.3 is 0 Å². The minimum Gasteiger partial charge on any atom is -0.361 e. The molecule has 0 atom stereocenters. The maximum absolute atomic E-state index is 6.21. The van der Waals surface area contributed by atoms with E-state index in [9.17, 15) is 0 Å². The highest BCUT2D eigenvalue weighted by atomic mass is 28.3. The van der Waals surface area contributed by atoms with Gasteiger partial charge in [-0.15, -0.1) is 0 Å². The first-order valence-electron chi connectivity index (χ1n) is 13.7. The molecule has 2 aliphatic heterocycles. The highest BCUT2D eigenvalue weighted by molar-refractivity contribution is 6.76. The van der Waals surface area contributed by atoms with Crippen LogP contribution in [0.5, 0.6) is 0 Å². The molecule has 0 unspecified atom stereocenters. The molecule has 0 spiro atoms. The van der Waals surface area contributed by atoms with Crippen LogP contribution < -0.4 is 5.32 Å². The lowest BCUT2D eigenvalue weighted by molar-refractivity contribution is 0.0859. The second-order valence-electron chi connectivity index (χ2n) is 11.6. The molecule has 0 amide bonds. The summed E-state index contributed by atoms with van der Waals surface area (Å²) in [4.78, 5) is 19.8. The van der Waals surface area contributed by atoms with Crippen LogP contribution in [0.4, 0.5) is 0 Å². The minimum atomic E-state index is -1.16. The molecular formula is C29H37N7OSi. The highest BCUT2D eigenvalue weighted by Gasteiger charge is 2.26. The van der Waals surface area contributed by atoms with E-state index >= 15 is 0 Å². The van der Waals surface area contributed by atoms with Crippen LogP contribution in [0.1, 0.15) is 29.3 Å². The van der Waals surface area contributed by atoms with Crippen molar-refractivity contribution in [1.82, 2.24) is 34.4 Å². The van der Waals surface area contributed by atoms with Crippen LogP contribution in [0.15, 0.2) is 36.5 Å². The number of hydrogen-bond donors (Lipinski definition) is 1. The van der Waals surface area contributed by atoms with Crippen LogP contribution >= 0.6 is 0 Å². The second kappa shape index (κ2) is 10.2. The molecule has 4 aromatic heterocycles. The predicted molar refractivity (Wildman–Crippen MR) is 152 cm³/mol. The van der Waals surface area contributed by atoms with Gasteiger partial charge in [0.25, 0.3) is 0 Å². The molecule has 8 nitrogen and oxygen atoms in total. The molecule has 38 heavy (non-hydrogen) atoms. The Hall–Kier alpha value is -3.14. The second-order valence-corrected chi connectivity index (χ2v) is 17.2. The van der Waals surface area contributed by atoms with E-state index in [1.165, 1.54) is 5.69 Å². The largest absolute Gasteiger partial charge is 0.361 e. The number of nitrogens with zero attached hydrogens (tertiary/aromatic N) is 6. The fourth-order valence-electron chi connectivity index (χ4n) is 5.39. The molecule has 0 saturated carbocycles. The van der Waals surface area contributed by atoms with Crippen molar-refractivity contribution >= 4 is 8.07 Å². The third kappa shape index (κ3) is 4.98. The average molecular weight is 528 g/mol. The molecule has 0 radical (unpaired) electrons. The van der Waals surface area contributed by atoms with Crippen LogP contribution in [0.2, 0.25) is 25.7 Å². The zero-order valence-corrected chi connectivity index (χ0v) is 23.9. The van der Waals surface area contributed by atoms with E-state index < -0.39 is 8.07 Å². The fourth-order valence-corrected chi connectivity index (χ4v) is 6.15. The molecule has 0 saturated heterocycles. The number of pyridine rings is 2. The Bertz CT molecular complexity index is 1470. The summed E-state index contributed by atoms with van der Waals surface area (Å²) < 4.78 is 10.8. The van der Waals surface area contributed by atoms with Crippen LogP contribution in [0.25, 0.3) is 34.2 Å². The molecule has 6 heterocycles. The van der Waals surface area contributed by atoms with Crippen LogP contribution in [-0.2, 0) is 37.4 Å². The lowest BCUT2D eigenvalue weighted by Gasteiger charge is -2.18. The van der Waals surface area contributed by atoms with E-state index in [1.807, 2.05) is 19.2 Å². The summed E-state index contributed by atoms with van der Waals surface area (Å²) in [5.74, 6) is 2.01. The third-order valence-corrected chi connectivity index (χ3v) is 9.13. The number of aryl methyl sites for hydroxylation is 2. The summed E-state index contributed by atoms with van der Waals surface area (Å²) in [7, 11) is -1.16. The lowest BCUT2D eigenvalue weighted by Crippen LogP contribution is -2.26. The van der Waals surface area contributed by atoms with Gasteiger partial charge in [0.15, 0.2) is 5.82 Å². The summed E-state index contributed by atoms with van der Waals surface area (Å²) in [5.41, 5.74) is 8.29. The van der Waals surface area contributed by atoms with Gasteiger partial charge in [-0.05, 0) is 43.7 Å². The SMILES string of the molecule is Cc1cccc(-c2nc3n(c2-c2ccnc(-c4nc5c(n4COCC[Si](C)(C)C)CNCC5)c2)CCC3)n1. The zero-order chi connectivity index (χ0) is 26.3. The average Bonchev–Trinajstić information content (AvgIpc) is 3.59. The van der Waals surface area contributed by atoms with Gasteiger partial charge < -0.3 is 19.2 Å². The number of nitrogens with one attached hydrogen (secondary N) is 1. The van der Waals surface area contributed by atoms with Crippen molar-refractivity contribution in [2.75, 3.05) is 13.2 Å². The number of hydrogen-bond acceptors (Lipinski definition) is 6. The molecule has 198 valence electrons. The van der Waals surface area contributed by atoms with E-state index in [2.05, 4.69) is 58.4 Å². The summed E-state index contributed by atoms with van der Waals surface area (Å²) in [6, 6.07) is 11.5. The summed E-state index contributed by atoms with van der Waals surface area (Å²) >= 11 is 0. The topological polar surface area (TPSA) is 82.7 Å². The molecule has 4 aromatic rings. The molecule has 2 aliphatic rings. The van der Waals surface area contributed by atoms with Gasteiger partial charge in [0, 0.05) is 64.6 Å². The van der Waals surface area contributed by atoms with Crippen molar-refractivity contribution in [2.45, 2.75) is 71.7 Å². The smallest absolute Gasteiger partial charge is 0.161 e. The van der Waals surface area contributed by atoms with E-state index in [-0.39, 0.29) is 0 Å². The zero-order valence-electron chi connectivity index (χ0n) is 22.9. The quantitative estimate of drug-likeness (QED) is 0.254. The van der Waals surface area contributed by atoms with Gasteiger partial charge in [0.1, 0.15) is 23.9 Å². The molecule has 1 N–H and O–H groups in total. The Balaban J connectivity index is 1.40. The van der Waals surface area contributed by atoms with Gasteiger partial charge in [-0.1, -0.05) is 25.7 Å². The fraction of sp³-hybridized carbons (Fsp3) is 0.448. The Labute approximate surface area is 225 Å². The van der Waals surface area contributed by atoms with Crippen LogP contribution in [0.3, 0.4) is 0 Å². The van der Waals surface area contributed by atoms with E-state index in [0.29, 0.717) is 6.73 Å². The van der Waals surface area contributed by atoms with E-state index in [4.69, 9.17) is 24.7 Å². The predicted octanol–water partition coefficient (Wildman–Crippen LogP) is 5.08. The molecule has 9 heteroatoms. The van der Waals surface area contributed by atoms with Crippen molar-refractivity contribution in [1.29, 1.82) is 0 Å². The maximum Gasteiger partial charge on any atom is 0.161 e. The van der Waals surface area contributed by atoms with Crippen LogP contribution in [-0.4, -0.2) is 50.3 Å². The Morgan fingerprint density at radius 1 is 1.05 bits per heavy atom. The monoisotopic (exact) mass is 527 g/mol. The van der Waals surface area contributed by atoms with Crippen molar-refractivity contribution in [3.63, 3.8) is 0 Å². The molecule has 6 rings (SSSR count). The Morgan fingerprint density at radius 2 is 1.95 bits per heavy atom. The Kier molecular flexibility index (Phi) is 6.75. The number of rotatable bonds is 8. The lowest BCUT2D eigenvalue weighted by atomic mass is 10.1. The first kappa shape index (κ1) is 25.2. The molecule has 0 fully saturated rings. The van der Waals surface area contributed by atoms with Gasteiger partial charge in [-0.3, -0.25) is 9.97 Å². The number of ether oxygens (including phenoxy) is 1. The highest BCUT2D eigenvalue weighted by Crippen LogP contribution is 2.36. The minimum absolute atomic E-state index is 0.496. The first-order valence-corrected chi connectivity index (χ1v) is 17.4. The first-order chi connectivity index (χ1) is 18.4. The summed E-state index contributed by atoms with van der Waals surface area (Å²) in [6.07, 6.45) is 4.93. The van der Waals surface area contributed by atoms with Crippen molar-refractivity contribution in [2.24, 2.45) is 0 Å². The van der Waals surface area contributed by atoms with Crippen LogP contribution in [0, 0.1) is 6.92 Å². The molecule has 0 aliphatic carbocycles. The number of imidazole rings is 2. The van der Waals surface area contributed by atoms with Gasteiger partial charge in [-0.25, -0.2) is 9.97 Å². The number of aromatic nitrogens is 6. The normalized spacial score (nSPS) is 15.1. The van der Waals surface area contributed by atoms with E-state index in [0.717, 1.165) is 103 Å². The van der Waals surface area contributed by atoms with Gasteiger partial charge in [0.05, 0.1) is 22.8 Å². The third-order valence-electron chi connectivity index (χ3n) is 7.43. The van der Waals surface area contributed by atoms with Gasteiger partial charge in [-0.2, -0.15) is 0 Å². The Morgan fingerprint density at radius 3 is 2.79 bits per heavy atom. The molecular weight excluding hydrogens is 490 g/mol. The molecule has 0 bridgehead atoms. The number of fused-ring (bicyclic) bond motifs is 2. The van der Waals surface area contributed by atoms with E-state index in [1.54, 1.807) is 0 Å². The van der Waals surface area contributed by atoms with Gasteiger partial charge in [0.2, 0.25) is 0 Å². The van der Waals surface area contributed by atoms with Crippen molar-refractivity contribution in [3.8, 4) is 34.2 Å². The summed E-state index contributed by atoms with van der Waals surface area (Å²) in [5, 5.41) is 3.50. The van der Waals surface area contributed by atoms with Crippen molar-refractivity contribution < 1.29 is 4.74 Å². The standard InChI is InChI=1S/C29H37N7OSi/c1-20-7-5-8-23(32-20)27-28(35-14-6-9-26(35)34-27)21-10-13-31-24(17-21)29-33-22-11-12-30-18-25(22)36(29)19-37-15-16-38(2,3)4/h5,7-8,10,13,17,30H,6,9,11-12,14-16,18-19H2,1-4H3. The van der Waals surface area contributed by atoms with Crippen molar-refractivity contribution in [3.05, 3.63) is 59.4 Å². The maximum atomic E-state index is 6.21.